The molecule has 26 heavy (non-hydrogen) atoms. The number of aliphatic hydroxyl groups excluding tert-OH is 1. The van der Waals surface area contributed by atoms with E-state index in [9.17, 15) is 5.11 Å². The molecular weight excluding hydrogens is 320 g/mol. The lowest BCUT2D eigenvalue weighted by atomic mass is 10.1. The highest BCUT2D eigenvalue weighted by molar-refractivity contribution is 5.17. The number of hydrogen-bond acceptors (Lipinski definition) is 2. The maximum absolute atomic E-state index is 10.1. The molecule has 0 amide bonds. The lowest BCUT2D eigenvalue weighted by Gasteiger charge is -2.31. The average molecular weight is 348 g/mol. The molecule has 0 spiro atoms. The lowest BCUT2D eigenvalue weighted by Crippen LogP contribution is -2.37. The summed E-state index contributed by atoms with van der Waals surface area (Å²) in [5.41, 5.74) is 3.87. The molecule has 0 fully saturated rings. The Bertz CT molecular complexity index is 726. The van der Waals surface area contributed by atoms with Crippen LogP contribution in [0.5, 0.6) is 0 Å². The van der Waals surface area contributed by atoms with Gasteiger partial charge in [0.15, 0.2) is 0 Å². The summed E-state index contributed by atoms with van der Waals surface area (Å²) >= 11 is 0. The predicted octanol–water partition coefficient (Wildman–Crippen LogP) is 4.02. The normalized spacial score (nSPS) is 12.4. The largest absolute Gasteiger partial charge is 0.395 e. The smallest absolute Gasteiger partial charge is 0.0587 e. The second kappa shape index (κ2) is 9.37. The van der Waals surface area contributed by atoms with E-state index in [1.807, 2.05) is 12.1 Å². The highest BCUT2D eigenvalue weighted by Crippen LogP contribution is 2.17. The Morgan fingerprint density at radius 2 is 1.42 bits per heavy atom. The first-order valence-electron chi connectivity index (χ1n) is 9.29. The fraction of sp³-hybridized carbons (Fsp3) is 0.304. The van der Waals surface area contributed by atoms with E-state index in [1.165, 1.54) is 16.8 Å². The number of nitrogens with zero attached hydrogens (tertiary/aromatic N) is 2. The molecule has 0 aliphatic rings. The van der Waals surface area contributed by atoms with Gasteiger partial charge >= 0.3 is 0 Å². The number of hydrogen-bond donors (Lipinski definition) is 1. The standard InChI is InChI=1S/C23H28N2O/c1-24-16-8-13-22(24)14-15-23(19-26)25(17-20-9-4-2-5-10-20)18-21-11-6-3-7-12-21/h2-13,16,23,26H,14-15,17-19H2,1H3/t23-/m0/s1. The predicted molar refractivity (Wildman–Crippen MR) is 107 cm³/mol. The van der Waals surface area contributed by atoms with Gasteiger partial charge in [0.25, 0.3) is 0 Å². The van der Waals surface area contributed by atoms with Crippen molar-refractivity contribution >= 4 is 0 Å². The number of aromatic nitrogens is 1. The van der Waals surface area contributed by atoms with E-state index >= 15 is 0 Å². The summed E-state index contributed by atoms with van der Waals surface area (Å²) in [4.78, 5) is 2.40. The average Bonchev–Trinajstić information content (AvgIpc) is 3.09. The van der Waals surface area contributed by atoms with E-state index in [-0.39, 0.29) is 12.6 Å². The first-order chi connectivity index (χ1) is 12.8. The van der Waals surface area contributed by atoms with Crippen LogP contribution in [0, 0.1) is 0 Å². The topological polar surface area (TPSA) is 28.4 Å². The summed E-state index contributed by atoms with van der Waals surface area (Å²) in [5.74, 6) is 0. The molecule has 136 valence electrons. The molecule has 1 atom stereocenters. The second-order valence-electron chi connectivity index (χ2n) is 6.86. The van der Waals surface area contributed by atoms with Crippen LogP contribution < -0.4 is 0 Å². The van der Waals surface area contributed by atoms with E-state index in [1.54, 1.807) is 0 Å². The number of aryl methyl sites for hydroxylation is 2. The Morgan fingerprint density at radius 1 is 0.846 bits per heavy atom. The van der Waals surface area contributed by atoms with Gasteiger partial charge < -0.3 is 9.67 Å². The fourth-order valence-corrected chi connectivity index (χ4v) is 3.41. The van der Waals surface area contributed by atoms with Gasteiger partial charge in [-0.05, 0) is 36.1 Å². The van der Waals surface area contributed by atoms with Crippen LogP contribution in [-0.2, 0) is 26.6 Å². The molecule has 2 aromatic carbocycles. The number of rotatable bonds is 9. The highest BCUT2D eigenvalue weighted by Gasteiger charge is 2.19. The molecule has 1 N–H and O–H groups in total. The zero-order valence-corrected chi connectivity index (χ0v) is 15.5. The Morgan fingerprint density at radius 3 is 1.88 bits per heavy atom. The third kappa shape index (κ3) is 5.07. The zero-order chi connectivity index (χ0) is 18.2. The maximum Gasteiger partial charge on any atom is 0.0587 e. The van der Waals surface area contributed by atoms with Crippen LogP contribution in [-0.4, -0.2) is 27.2 Å². The first kappa shape index (κ1) is 18.4. The van der Waals surface area contributed by atoms with Gasteiger partial charge in [0.05, 0.1) is 6.61 Å². The Hall–Kier alpha value is -2.36. The van der Waals surface area contributed by atoms with Crippen molar-refractivity contribution in [1.29, 1.82) is 0 Å². The minimum atomic E-state index is 0.130. The fourth-order valence-electron chi connectivity index (χ4n) is 3.41. The zero-order valence-electron chi connectivity index (χ0n) is 15.5. The molecule has 0 radical (unpaired) electrons. The second-order valence-corrected chi connectivity index (χ2v) is 6.86. The Balaban J connectivity index is 1.74. The van der Waals surface area contributed by atoms with E-state index < -0.39 is 0 Å². The Labute approximate surface area is 156 Å². The van der Waals surface area contributed by atoms with Crippen molar-refractivity contribution in [2.24, 2.45) is 7.05 Å². The quantitative estimate of drug-likeness (QED) is 0.633. The molecule has 1 aromatic heterocycles. The molecule has 0 aliphatic carbocycles. The third-order valence-electron chi connectivity index (χ3n) is 4.97. The molecule has 3 heteroatoms. The molecule has 3 nitrogen and oxygen atoms in total. The van der Waals surface area contributed by atoms with Crippen molar-refractivity contribution in [1.82, 2.24) is 9.47 Å². The van der Waals surface area contributed by atoms with Crippen molar-refractivity contribution in [3.05, 3.63) is 95.8 Å². The van der Waals surface area contributed by atoms with Crippen LogP contribution in [0.25, 0.3) is 0 Å². The number of benzene rings is 2. The minimum absolute atomic E-state index is 0.130. The molecule has 1 heterocycles. The van der Waals surface area contributed by atoms with Crippen molar-refractivity contribution in [2.45, 2.75) is 32.0 Å². The van der Waals surface area contributed by atoms with Crippen molar-refractivity contribution in [3.63, 3.8) is 0 Å². The lowest BCUT2D eigenvalue weighted by molar-refractivity contribution is 0.103. The molecule has 0 saturated heterocycles. The van der Waals surface area contributed by atoms with Gasteiger partial charge in [0.2, 0.25) is 0 Å². The van der Waals surface area contributed by atoms with Gasteiger partial charge in [-0.2, -0.15) is 0 Å². The molecular formula is C23H28N2O. The van der Waals surface area contributed by atoms with Gasteiger partial charge in [-0.1, -0.05) is 60.7 Å². The molecule has 0 aliphatic heterocycles. The van der Waals surface area contributed by atoms with Crippen molar-refractivity contribution in [2.75, 3.05) is 6.61 Å². The van der Waals surface area contributed by atoms with Gasteiger partial charge in [-0.25, -0.2) is 0 Å². The van der Waals surface area contributed by atoms with Gasteiger partial charge in [-0.15, -0.1) is 0 Å². The van der Waals surface area contributed by atoms with E-state index in [0.29, 0.717) is 0 Å². The molecule has 3 aromatic rings. The Kier molecular flexibility index (Phi) is 6.64. The summed E-state index contributed by atoms with van der Waals surface area (Å²) < 4.78 is 2.16. The van der Waals surface area contributed by atoms with Crippen LogP contribution in [0.4, 0.5) is 0 Å². The SMILES string of the molecule is Cn1cccc1CC[C@@H](CO)N(Cc1ccccc1)Cc1ccccc1. The molecule has 3 rings (SSSR count). The highest BCUT2D eigenvalue weighted by atomic mass is 16.3. The monoisotopic (exact) mass is 348 g/mol. The summed E-state index contributed by atoms with van der Waals surface area (Å²) in [6.45, 7) is 1.85. The van der Waals surface area contributed by atoms with Crippen LogP contribution in [0.1, 0.15) is 23.2 Å². The van der Waals surface area contributed by atoms with E-state index in [2.05, 4.69) is 83.4 Å². The van der Waals surface area contributed by atoms with Crippen LogP contribution in [0.2, 0.25) is 0 Å². The minimum Gasteiger partial charge on any atom is -0.395 e. The molecule has 0 saturated carbocycles. The van der Waals surface area contributed by atoms with Gasteiger partial charge in [0.1, 0.15) is 0 Å². The third-order valence-corrected chi connectivity index (χ3v) is 4.97. The van der Waals surface area contributed by atoms with Crippen molar-refractivity contribution < 1.29 is 5.11 Å². The van der Waals surface area contributed by atoms with E-state index in [4.69, 9.17) is 0 Å². The molecule has 0 bridgehead atoms. The van der Waals surface area contributed by atoms with Crippen LogP contribution in [0.15, 0.2) is 79.0 Å². The summed E-state index contributed by atoms with van der Waals surface area (Å²) in [7, 11) is 2.08. The summed E-state index contributed by atoms with van der Waals surface area (Å²) in [6.07, 6.45) is 3.98. The first-order valence-corrected chi connectivity index (χ1v) is 9.29. The summed E-state index contributed by atoms with van der Waals surface area (Å²) in [5, 5.41) is 10.1. The van der Waals surface area contributed by atoms with Gasteiger partial charge in [0, 0.05) is 38.1 Å². The van der Waals surface area contributed by atoms with E-state index in [0.717, 1.165) is 25.9 Å². The summed E-state index contributed by atoms with van der Waals surface area (Å²) in [6, 6.07) is 25.4. The maximum atomic E-state index is 10.1. The number of aliphatic hydroxyl groups is 1. The van der Waals surface area contributed by atoms with Gasteiger partial charge in [-0.3, -0.25) is 4.90 Å². The van der Waals surface area contributed by atoms with Crippen molar-refractivity contribution in [3.8, 4) is 0 Å². The van der Waals surface area contributed by atoms with Crippen LogP contribution in [0.3, 0.4) is 0 Å². The molecule has 0 unspecified atom stereocenters. The van der Waals surface area contributed by atoms with Crippen LogP contribution >= 0.6 is 0 Å².